The molecule has 5 heteroatoms. The number of ether oxygens (including phenoxy) is 1. The summed E-state index contributed by atoms with van der Waals surface area (Å²) in [5, 5.41) is 10.7. The van der Waals surface area contributed by atoms with Crippen LogP contribution in [0.3, 0.4) is 0 Å². The Morgan fingerprint density at radius 3 is 2.62 bits per heavy atom. The maximum absolute atomic E-state index is 13.4. The molecule has 0 radical (unpaired) electrons. The zero-order valence-corrected chi connectivity index (χ0v) is 16.1. The van der Waals surface area contributed by atoms with Gasteiger partial charge in [-0.2, -0.15) is 0 Å². The van der Waals surface area contributed by atoms with Crippen LogP contribution in [-0.2, 0) is 16.0 Å². The lowest BCUT2D eigenvalue weighted by Crippen LogP contribution is -2.52. The predicted octanol–water partition coefficient (Wildman–Crippen LogP) is 3.93. The first-order valence-electron chi connectivity index (χ1n) is 9.66. The number of unbranched alkanes of at least 4 members (excludes halogenated alkanes) is 1. The molecule has 1 aromatic carbocycles. The lowest BCUT2D eigenvalue weighted by molar-refractivity contribution is -0.147. The van der Waals surface area contributed by atoms with Gasteiger partial charge in [0, 0.05) is 0 Å². The van der Waals surface area contributed by atoms with Crippen molar-refractivity contribution < 1.29 is 19.4 Å². The van der Waals surface area contributed by atoms with Gasteiger partial charge in [-0.05, 0) is 31.7 Å². The van der Waals surface area contributed by atoms with E-state index in [1.807, 2.05) is 37.3 Å². The van der Waals surface area contributed by atoms with Crippen LogP contribution in [0, 0.1) is 5.41 Å². The van der Waals surface area contributed by atoms with Crippen LogP contribution in [0.15, 0.2) is 30.3 Å². The summed E-state index contributed by atoms with van der Waals surface area (Å²) in [5.41, 5.74) is 0.0857. The third kappa shape index (κ3) is 4.44. The number of cyclic esters (lactones) is 1. The normalized spacial score (nSPS) is 20.5. The molecule has 1 heterocycles. The van der Waals surface area contributed by atoms with Crippen molar-refractivity contribution in [1.82, 2.24) is 4.90 Å². The molecule has 0 aliphatic carbocycles. The Balaban J connectivity index is 2.24. The highest BCUT2D eigenvalue weighted by atomic mass is 16.6. The Hall–Kier alpha value is -1.88. The number of amides is 2. The Morgan fingerprint density at radius 1 is 1.31 bits per heavy atom. The molecule has 2 rings (SSSR count). The van der Waals surface area contributed by atoms with Gasteiger partial charge in [0.2, 0.25) is 5.91 Å². The standard InChI is InChI=1S/C21H31NO4/c1-4-6-13-21(3,18(23)10-5-2)19(24)22-17(15-26-20(22)25)14-16-11-8-7-9-12-16/h7-9,11-12,17-18,23H,4-6,10,13-15H2,1-3H3/t17-,18-,21-/m0/s1. The van der Waals surface area contributed by atoms with E-state index in [0.717, 1.165) is 24.8 Å². The van der Waals surface area contributed by atoms with E-state index in [1.165, 1.54) is 4.90 Å². The summed E-state index contributed by atoms with van der Waals surface area (Å²) in [6.45, 7) is 6.03. The van der Waals surface area contributed by atoms with Gasteiger partial charge in [-0.1, -0.05) is 63.4 Å². The number of aliphatic hydroxyl groups is 1. The first-order valence-corrected chi connectivity index (χ1v) is 9.66. The molecule has 0 spiro atoms. The molecule has 26 heavy (non-hydrogen) atoms. The van der Waals surface area contributed by atoms with Crippen molar-refractivity contribution in [3.8, 4) is 0 Å². The van der Waals surface area contributed by atoms with E-state index in [1.54, 1.807) is 6.92 Å². The second-order valence-corrected chi connectivity index (χ2v) is 7.42. The van der Waals surface area contributed by atoms with Gasteiger partial charge in [0.25, 0.3) is 0 Å². The van der Waals surface area contributed by atoms with E-state index < -0.39 is 17.6 Å². The number of nitrogens with zero attached hydrogens (tertiary/aromatic N) is 1. The molecule has 5 nitrogen and oxygen atoms in total. The molecule has 1 fully saturated rings. The number of carbonyl (C=O) groups is 2. The lowest BCUT2D eigenvalue weighted by atomic mass is 9.76. The highest BCUT2D eigenvalue weighted by molar-refractivity contribution is 5.97. The number of carbonyl (C=O) groups excluding carboxylic acids is 2. The van der Waals surface area contributed by atoms with Crippen LogP contribution < -0.4 is 0 Å². The van der Waals surface area contributed by atoms with Gasteiger partial charge in [-0.25, -0.2) is 9.69 Å². The predicted molar refractivity (Wildman–Crippen MR) is 101 cm³/mol. The van der Waals surface area contributed by atoms with Crippen LogP contribution in [0.25, 0.3) is 0 Å². The van der Waals surface area contributed by atoms with Crippen LogP contribution in [0.5, 0.6) is 0 Å². The van der Waals surface area contributed by atoms with Gasteiger partial charge in [0.05, 0.1) is 17.6 Å². The van der Waals surface area contributed by atoms with Gasteiger partial charge >= 0.3 is 6.09 Å². The molecule has 1 aliphatic rings. The molecule has 0 unspecified atom stereocenters. The third-order valence-corrected chi connectivity index (χ3v) is 5.33. The van der Waals surface area contributed by atoms with Gasteiger partial charge in [0.15, 0.2) is 0 Å². The fraction of sp³-hybridized carbons (Fsp3) is 0.619. The fourth-order valence-corrected chi connectivity index (χ4v) is 3.57. The minimum Gasteiger partial charge on any atom is -0.447 e. The van der Waals surface area contributed by atoms with Crippen LogP contribution in [0.4, 0.5) is 4.79 Å². The second-order valence-electron chi connectivity index (χ2n) is 7.42. The van der Waals surface area contributed by atoms with E-state index in [2.05, 4.69) is 6.92 Å². The number of hydrogen-bond donors (Lipinski definition) is 1. The highest BCUT2D eigenvalue weighted by Crippen LogP contribution is 2.35. The van der Waals surface area contributed by atoms with Gasteiger partial charge < -0.3 is 9.84 Å². The number of benzene rings is 1. The van der Waals surface area contributed by atoms with Crippen molar-refractivity contribution in [1.29, 1.82) is 0 Å². The molecule has 0 aromatic heterocycles. The Morgan fingerprint density at radius 2 is 2.00 bits per heavy atom. The van der Waals surface area contributed by atoms with E-state index in [0.29, 0.717) is 19.3 Å². The van der Waals surface area contributed by atoms with E-state index in [4.69, 9.17) is 4.74 Å². The maximum Gasteiger partial charge on any atom is 0.417 e. The quantitative estimate of drug-likeness (QED) is 0.723. The summed E-state index contributed by atoms with van der Waals surface area (Å²) < 4.78 is 5.20. The maximum atomic E-state index is 13.4. The SMILES string of the molecule is CCCC[C@](C)(C(=O)N1C(=O)OC[C@@H]1Cc1ccccc1)[C@@H](O)CCC. The average Bonchev–Trinajstić information content (AvgIpc) is 3.00. The zero-order chi connectivity index (χ0) is 19.2. The van der Waals surface area contributed by atoms with Gasteiger partial charge in [-0.15, -0.1) is 0 Å². The van der Waals surface area contributed by atoms with Crippen LogP contribution in [0.2, 0.25) is 0 Å². The monoisotopic (exact) mass is 361 g/mol. The van der Waals surface area contributed by atoms with Crippen molar-refractivity contribution in [3.63, 3.8) is 0 Å². The molecule has 1 saturated heterocycles. The molecule has 3 atom stereocenters. The molecule has 144 valence electrons. The lowest BCUT2D eigenvalue weighted by Gasteiger charge is -2.36. The molecular weight excluding hydrogens is 330 g/mol. The number of hydrogen-bond acceptors (Lipinski definition) is 4. The average molecular weight is 361 g/mol. The Labute approximate surface area is 156 Å². The van der Waals surface area contributed by atoms with Crippen LogP contribution >= 0.6 is 0 Å². The van der Waals surface area contributed by atoms with Crippen LogP contribution in [0.1, 0.15) is 58.4 Å². The summed E-state index contributed by atoms with van der Waals surface area (Å²) in [7, 11) is 0. The summed E-state index contributed by atoms with van der Waals surface area (Å²) in [6, 6.07) is 9.45. The van der Waals surface area contributed by atoms with Crippen molar-refractivity contribution in [2.24, 2.45) is 5.41 Å². The van der Waals surface area contributed by atoms with E-state index >= 15 is 0 Å². The number of rotatable bonds is 9. The Kier molecular flexibility index (Phi) is 7.21. The molecule has 0 bridgehead atoms. The second kappa shape index (κ2) is 9.17. The molecule has 1 N–H and O–H groups in total. The highest BCUT2D eigenvalue weighted by Gasteiger charge is 2.48. The Bertz CT molecular complexity index is 603. The van der Waals surface area contributed by atoms with E-state index in [9.17, 15) is 14.7 Å². The summed E-state index contributed by atoms with van der Waals surface area (Å²) in [5.74, 6) is -0.310. The summed E-state index contributed by atoms with van der Waals surface area (Å²) in [6.07, 6.45) is 2.85. The fourth-order valence-electron chi connectivity index (χ4n) is 3.57. The zero-order valence-electron chi connectivity index (χ0n) is 16.1. The molecular formula is C21H31NO4. The molecule has 0 saturated carbocycles. The largest absolute Gasteiger partial charge is 0.447 e. The topological polar surface area (TPSA) is 66.8 Å². The van der Waals surface area contributed by atoms with Gasteiger partial charge in [0.1, 0.15) is 6.61 Å². The van der Waals surface area contributed by atoms with Crippen molar-refractivity contribution in [2.45, 2.75) is 71.4 Å². The smallest absolute Gasteiger partial charge is 0.417 e. The van der Waals surface area contributed by atoms with Crippen molar-refractivity contribution in [2.75, 3.05) is 6.61 Å². The number of aliphatic hydroxyl groups excluding tert-OH is 1. The first kappa shape index (κ1) is 20.4. The first-order chi connectivity index (χ1) is 12.4. The number of imide groups is 1. The molecule has 1 aromatic rings. The summed E-state index contributed by atoms with van der Waals surface area (Å²) in [4.78, 5) is 26.9. The molecule has 1 aliphatic heterocycles. The van der Waals surface area contributed by atoms with Crippen molar-refractivity contribution >= 4 is 12.0 Å². The third-order valence-electron chi connectivity index (χ3n) is 5.33. The minimum absolute atomic E-state index is 0.202. The van der Waals surface area contributed by atoms with Crippen molar-refractivity contribution in [3.05, 3.63) is 35.9 Å². The summed E-state index contributed by atoms with van der Waals surface area (Å²) >= 11 is 0. The molecule has 2 amide bonds. The van der Waals surface area contributed by atoms with E-state index in [-0.39, 0.29) is 18.6 Å². The minimum atomic E-state index is -0.968. The van der Waals surface area contributed by atoms with Gasteiger partial charge in [-0.3, -0.25) is 4.79 Å². The van der Waals surface area contributed by atoms with Crippen LogP contribution in [-0.4, -0.2) is 40.8 Å².